The van der Waals surface area contributed by atoms with Crippen LogP contribution in [0.25, 0.3) is 0 Å². The summed E-state index contributed by atoms with van der Waals surface area (Å²) >= 11 is 0. The zero-order valence-electron chi connectivity index (χ0n) is 13.5. The van der Waals surface area contributed by atoms with Gasteiger partial charge in [-0.05, 0) is 24.1 Å². The van der Waals surface area contributed by atoms with E-state index in [0.29, 0.717) is 24.3 Å². The van der Waals surface area contributed by atoms with Crippen LogP contribution in [0.2, 0.25) is 0 Å². The van der Waals surface area contributed by atoms with Crippen LogP contribution >= 0.6 is 0 Å². The summed E-state index contributed by atoms with van der Waals surface area (Å²) in [7, 11) is 4.58. The van der Waals surface area contributed by atoms with Crippen LogP contribution in [0.3, 0.4) is 0 Å². The first kappa shape index (κ1) is 17.1. The molecule has 7 heteroatoms. The molecule has 7 nitrogen and oxygen atoms in total. The molecular weight excluding hydrogens is 300 g/mol. The van der Waals surface area contributed by atoms with Gasteiger partial charge in [-0.15, -0.1) is 0 Å². The van der Waals surface area contributed by atoms with Crippen molar-refractivity contribution in [2.45, 2.75) is 24.9 Å². The van der Waals surface area contributed by atoms with Gasteiger partial charge in [0.2, 0.25) is 11.8 Å². The van der Waals surface area contributed by atoms with Gasteiger partial charge in [-0.2, -0.15) is 0 Å². The summed E-state index contributed by atoms with van der Waals surface area (Å²) in [5.41, 5.74) is 0.846. The van der Waals surface area contributed by atoms with Crippen molar-refractivity contribution < 1.29 is 23.8 Å². The summed E-state index contributed by atoms with van der Waals surface area (Å²) in [6.07, 6.45) is 0.946. The number of amides is 2. The van der Waals surface area contributed by atoms with Gasteiger partial charge >= 0.3 is 0 Å². The standard InChI is InChI=1S/C16H22N2O5/c1-21-9-15(20)17-11-5-7-14(19)18-16(11)10-4-6-12(22-2)13(8-10)23-3/h4,6,8,11,16H,5,7,9H2,1-3H3,(H,17,20)(H,18,19). The smallest absolute Gasteiger partial charge is 0.246 e. The Morgan fingerprint density at radius 2 is 2.00 bits per heavy atom. The zero-order valence-corrected chi connectivity index (χ0v) is 13.5. The highest BCUT2D eigenvalue weighted by molar-refractivity contribution is 5.80. The molecule has 1 aliphatic heterocycles. The van der Waals surface area contributed by atoms with Crippen LogP contribution in [0.1, 0.15) is 24.4 Å². The SMILES string of the molecule is COCC(=O)NC1CCC(=O)NC1c1ccc(OC)c(OC)c1. The summed E-state index contributed by atoms with van der Waals surface area (Å²) < 4.78 is 15.4. The van der Waals surface area contributed by atoms with Crippen molar-refractivity contribution in [3.63, 3.8) is 0 Å². The molecule has 1 aromatic rings. The lowest BCUT2D eigenvalue weighted by Crippen LogP contribution is -2.50. The molecule has 0 spiro atoms. The molecule has 1 fully saturated rings. The van der Waals surface area contributed by atoms with E-state index in [9.17, 15) is 9.59 Å². The molecule has 0 saturated carbocycles. The van der Waals surface area contributed by atoms with E-state index in [0.717, 1.165) is 5.56 Å². The Hall–Kier alpha value is -2.28. The van der Waals surface area contributed by atoms with Crippen molar-refractivity contribution in [1.29, 1.82) is 0 Å². The molecule has 1 heterocycles. The van der Waals surface area contributed by atoms with Crippen LogP contribution in [0.4, 0.5) is 0 Å². The monoisotopic (exact) mass is 322 g/mol. The topological polar surface area (TPSA) is 85.9 Å². The van der Waals surface area contributed by atoms with E-state index in [2.05, 4.69) is 10.6 Å². The maximum atomic E-state index is 11.8. The van der Waals surface area contributed by atoms with Crippen molar-refractivity contribution in [3.05, 3.63) is 23.8 Å². The first-order valence-electron chi connectivity index (χ1n) is 7.38. The summed E-state index contributed by atoms with van der Waals surface area (Å²) in [6, 6.07) is 4.92. The van der Waals surface area contributed by atoms with Gasteiger partial charge in [-0.3, -0.25) is 9.59 Å². The molecule has 0 aliphatic carbocycles. The Morgan fingerprint density at radius 1 is 1.26 bits per heavy atom. The minimum Gasteiger partial charge on any atom is -0.493 e. The number of nitrogens with one attached hydrogen (secondary N) is 2. The summed E-state index contributed by atoms with van der Waals surface area (Å²) in [4.78, 5) is 23.6. The fourth-order valence-electron chi connectivity index (χ4n) is 2.70. The summed E-state index contributed by atoms with van der Waals surface area (Å²) in [6.45, 7) is -0.0108. The molecule has 0 aromatic heterocycles. The van der Waals surface area contributed by atoms with Crippen LogP contribution in [0.15, 0.2) is 18.2 Å². The predicted octanol–water partition coefficient (Wildman–Crippen LogP) is 0.786. The van der Waals surface area contributed by atoms with E-state index in [1.54, 1.807) is 20.3 Å². The van der Waals surface area contributed by atoms with Gasteiger partial charge in [0.25, 0.3) is 0 Å². The fourth-order valence-corrected chi connectivity index (χ4v) is 2.70. The van der Waals surface area contributed by atoms with Gasteiger partial charge in [0.1, 0.15) is 6.61 Å². The van der Waals surface area contributed by atoms with Crippen molar-refractivity contribution in [3.8, 4) is 11.5 Å². The molecule has 1 aliphatic rings. The van der Waals surface area contributed by atoms with Gasteiger partial charge in [0, 0.05) is 13.5 Å². The first-order valence-corrected chi connectivity index (χ1v) is 7.38. The first-order chi connectivity index (χ1) is 11.1. The molecule has 2 atom stereocenters. The second-order valence-electron chi connectivity index (χ2n) is 5.31. The second kappa shape index (κ2) is 7.82. The van der Waals surface area contributed by atoms with Crippen molar-refractivity contribution >= 4 is 11.8 Å². The molecule has 2 unspecified atom stereocenters. The van der Waals surface area contributed by atoms with E-state index < -0.39 is 0 Å². The molecule has 23 heavy (non-hydrogen) atoms. The highest BCUT2D eigenvalue weighted by Gasteiger charge is 2.31. The van der Waals surface area contributed by atoms with E-state index in [1.165, 1.54) is 7.11 Å². The Kier molecular flexibility index (Phi) is 5.81. The Bertz CT molecular complexity index is 576. The predicted molar refractivity (Wildman–Crippen MR) is 83.5 cm³/mol. The summed E-state index contributed by atoms with van der Waals surface area (Å²) in [5.74, 6) is 0.936. The zero-order chi connectivity index (χ0) is 16.8. The number of benzene rings is 1. The average molecular weight is 322 g/mol. The largest absolute Gasteiger partial charge is 0.493 e. The van der Waals surface area contributed by atoms with Crippen molar-refractivity contribution in [2.24, 2.45) is 0 Å². The quantitative estimate of drug-likeness (QED) is 0.808. The van der Waals surface area contributed by atoms with Gasteiger partial charge in [0.05, 0.1) is 26.3 Å². The lowest BCUT2D eigenvalue weighted by Gasteiger charge is -2.33. The van der Waals surface area contributed by atoms with Gasteiger partial charge in [0.15, 0.2) is 11.5 Å². The molecule has 2 rings (SSSR count). The minimum atomic E-state index is -0.322. The van der Waals surface area contributed by atoms with Crippen molar-refractivity contribution in [1.82, 2.24) is 10.6 Å². The van der Waals surface area contributed by atoms with Crippen LogP contribution < -0.4 is 20.1 Å². The Labute approximate surface area is 135 Å². The molecule has 2 amide bonds. The molecule has 0 bridgehead atoms. The number of methoxy groups -OCH3 is 3. The maximum Gasteiger partial charge on any atom is 0.246 e. The van der Waals surface area contributed by atoms with Gasteiger partial charge in [-0.25, -0.2) is 0 Å². The number of carbonyl (C=O) groups excluding carboxylic acids is 2. The molecule has 2 N–H and O–H groups in total. The third-order valence-electron chi connectivity index (χ3n) is 3.79. The molecule has 1 saturated heterocycles. The Morgan fingerprint density at radius 3 is 2.65 bits per heavy atom. The van der Waals surface area contributed by atoms with Crippen LogP contribution in [0, 0.1) is 0 Å². The number of rotatable bonds is 6. The number of hydrogen-bond donors (Lipinski definition) is 2. The second-order valence-corrected chi connectivity index (χ2v) is 5.31. The van der Waals surface area contributed by atoms with Crippen LogP contribution in [-0.4, -0.2) is 45.8 Å². The lowest BCUT2D eigenvalue weighted by atomic mass is 9.91. The van der Waals surface area contributed by atoms with Gasteiger partial charge in [-0.1, -0.05) is 6.07 Å². The highest BCUT2D eigenvalue weighted by Crippen LogP contribution is 2.32. The number of hydrogen-bond acceptors (Lipinski definition) is 5. The third-order valence-corrected chi connectivity index (χ3v) is 3.79. The lowest BCUT2D eigenvalue weighted by molar-refractivity contribution is -0.129. The third kappa shape index (κ3) is 4.13. The molecule has 1 aromatic carbocycles. The molecular formula is C16H22N2O5. The maximum absolute atomic E-state index is 11.8. The average Bonchev–Trinajstić information content (AvgIpc) is 2.56. The number of ether oxygens (including phenoxy) is 3. The van der Waals surface area contributed by atoms with E-state index in [4.69, 9.17) is 14.2 Å². The van der Waals surface area contributed by atoms with Crippen LogP contribution in [0.5, 0.6) is 11.5 Å². The number of carbonyl (C=O) groups is 2. The van der Waals surface area contributed by atoms with E-state index in [1.807, 2.05) is 12.1 Å². The molecule has 126 valence electrons. The van der Waals surface area contributed by atoms with Crippen LogP contribution in [-0.2, 0) is 14.3 Å². The van der Waals surface area contributed by atoms with E-state index in [-0.39, 0.29) is 30.5 Å². The van der Waals surface area contributed by atoms with E-state index >= 15 is 0 Å². The Balaban J connectivity index is 2.24. The fraction of sp³-hybridized carbons (Fsp3) is 0.500. The normalized spacial score (nSPS) is 20.6. The summed E-state index contributed by atoms with van der Waals surface area (Å²) in [5, 5.41) is 5.83. The number of piperidine rings is 1. The van der Waals surface area contributed by atoms with Crippen molar-refractivity contribution in [2.75, 3.05) is 27.9 Å². The molecule has 0 radical (unpaired) electrons. The minimum absolute atomic E-state index is 0.0108. The van der Waals surface area contributed by atoms with Gasteiger partial charge < -0.3 is 24.8 Å². The highest BCUT2D eigenvalue weighted by atomic mass is 16.5.